The van der Waals surface area contributed by atoms with Crippen LogP contribution in [0.4, 0.5) is 0 Å². The number of methoxy groups -OCH3 is 1. The van der Waals surface area contributed by atoms with Gasteiger partial charge >= 0.3 is 5.97 Å². The molecule has 0 atom stereocenters. The van der Waals surface area contributed by atoms with Crippen LogP contribution < -0.4 is 4.74 Å². The fourth-order valence-electron chi connectivity index (χ4n) is 3.10. The van der Waals surface area contributed by atoms with Gasteiger partial charge in [0.05, 0.1) is 7.11 Å². The Kier molecular flexibility index (Phi) is 7.45. The van der Waals surface area contributed by atoms with Crippen molar-refractivity contribution in [3.05, 3.63) is 102 Å². The van der Waals surface area contributed by atoms with Crippen molar-refractivity contribution in [1.82, 2.24) is 4.31 Å². The SMILES string of the molecule is COc1ccc(/C=C/C(=O)OC(c2ccccc2)c2ccccc2)cc1S(=O)(=O)N(C)C. The first-order valence-electron chi connectivity index (χ1n) is 9.92. The summed E-state index contributed by atoms with van der Waals surface area (Å²) in [5.74, 6) is -0.317. The zero-order valence-corrected chi connectivity index (χ0v) is 19.0. The van der Waals surface area contributed by atoms with Crippen molar-refractivity contribution < 1.29 is 22.7 Å². The summed E-state index contributed by atoms with van der Waals surface area (Å²) in [4.78, 5) is 12.6. The quantitative estimate of drug-likeness (QED) is 0.377. The van der Waals surface area contributed by atoms with Crippen LogP contribution in [0.1, 0.15) is 22.8 Å². The Labute approximate surface area is 188 Å². The third kappa shape index (κ3) is 5.43. The van der Waals surface area contributed by atoms with E-state index in [1.54, 1.807) is 12.1 Å². The topological polar surface area (TPSA) is 72.9 Å². The Morgan fingerprint density at radius 1 is 0.906 bits per heavy atom. The number of sulfonamides is 1. The van der Waals surface area contributed by atoms with Gasteiger partial charge < -0.3 is 9.47 Å². The van der Waals surface area contributed by atoms with E-state index in [0.29, 0.717) is 5.56 Å². The second-order valence-corrected chi connectivity index (χ2v) is 9.29. The molecule has 0 amide bonds. The van der Waals surface area contributed by atoms with E-state index in [1.807, 2.05) is 60.7 Å². The summed E-state index contributed by atoms with van der Waals surface area (Å²) in [6.07, 6.45) is 2.24. The average Bonchev–Trinajstić information content (AvgIpc) is 2.82. The van der Waals surface area contributed by atoms with Gasteiger partial charge in [0, 0.05) is 20.2 Å². The van der Waals surface area contributed by atoms with Gasteiger partial charge in [-0.05, 0) is 34.9 Å². The van der Waals surface area contributed by atoms with E-state index in [4.69, 9.17) is 9.47 Å². The maximum Gasteiger partial charge on any atom is 0.331 e. The van der Waals surface area contributed by atoms with Gasteiger partial charge in [0.15, 0.2) is 6.10 Å². The molecule has 7 heteroatoms. The predicted molar refractivity (Wildman–Crippen MR) is 124 cm³/mol. The first kappa shape index (κ1) is 23.2. The molecule has 32 heavy (non-hydrogen) atoms. The second kappa shape index (κ2) is 10.3. The molecule has 0 aliphatic heterocycles. The Balaban J connectivity index is 1.85. The van der Waals surface area contributed by atoms with Crippen molar-refractivity contribution in [3.8, 4) is 5.75 Å². The minimum absolute atomic E-state index is 0.0203. The molecular formula is C25H25NO5S. The molecule has 0 N–H and O–H groups in total. The van der Waals surface area contributed by atoms with Gasteiger partial charge in [-0.15, -0.1) is 0 Å². The van der Waals surface area contributed by atoms with E-state index in [-0.39, 0.29) is 10.6 Å². The normalized spacial score (nSPS) is 11.8. The van der Waals surface area contributed by atoms with Crippen molar-refractivity contribution >= 4 is 22.1 Å². The van der Waals surface area contributed by atoms with Crippen LogP contribution in [0.25, 0.3) is 6.08 Å². The molecule has 0 unspecified atom stereocenters. The molecule has 3 aromatic carbocycles. The number of ether oxygens (including phenoxy) is 2. The number of esters is 1. The first-order valence-corrected chi connectivity index (χ1v) is 11.4. The van der Waals surface area contributed by atoms with Crippen LogP contribution in [0.3, 0.4) is 0 Å². The van der Waals surface area contributed by atoms with Crippen LogP contribution >= 0.6 is 0 Å². The zero-order valence-electron chi connectivity index (χ0n) is 18.1. The summed E-state index contributed by atoms with van der Waals surface area (Å²) in [7, 11) is 0.586. The van der Waals surface area contributed by atoms with Crippen LogP contribution in [0.5, 0.6) is 5.75 Å². The van der Waals surface area contributed by atoms with Gasteiger partial charge in [0.25, 0.3) is 0 Å². The van der Waals surface area contributed by atoms with Crippen LogP contribution in [-0.2, 0) is 19.6 Å². The summed E-state index contributed by atoms with van der Waals surface area (Å²) in [5, 5.41) is 0. The summed E-state index contributed by atoms with van der Waals surface area (Å²) >= 11 is 0. The van der Waals surface area contributed by atoms with Crippen molar-refractivity contribution in [2.24, 2.45) is 0 Å². The molecule has 0 aliphatic carbocycles. The molecule has 3 rings (SSSR count). The summed E-state index contributed by atoms with van der Waals surface area (Å²) in [5.41, 5.74) is 2.23. The smallest absolute Gasteiger partial charge is 0.331 e. The number of hydrogen-bond acceptors (Lipinski definition) is 5. The third-order valence-electron chi connectivity index (χ3n) is 4.80. The van der Waals surface area contributed by atoms with Crippen LogP contribution in [0.15, 0.2) is 89.8 Å². The number of hydrogen-bond donors (Lipinski definition) is 0. The number of nitrogens with zero attached hydrogens (tertiary/aromatic N) is 1. The Morgan fingerprint density at radius 2 is 1.47 bits per heavy atom. The summed E-state index contributed by atoms with van der Waals surface area (Å²) in [6, 6.07) is 23.6. The molecule has 0 spiro atoms. The number of carbonyl (C=O) groups excluding carboxylic acids is 1. The molecule has 0 saturated heterocycles. The standard InChI is InChI=1S/C25H25NO5S/c1-26(2)32(28,29)23-18-19(14-16-22(23)30-3)15-17-24(27)31-25(20-10-6-4-7-11-20)21-12-8-5-9-13-21/h4-18,25H,1-3H3/b17-15+. The molecule has 0 saturated carbocycles. The van der Waals surface area contributed by atoms with Gasteiger partial charge in [0.2, 0.25) is 10.0 Å². The highest BCUT2D eigenvalue weighted by Gasteiger charge is 2.22. The highest BCUT2D eigenvalue weighted by Crippen LogP contribution is 2.28. The maximum absolute atomic E-state index is 12.6. The van der Waals surface area contributed by atoms with Gasteiger partial charge in [-0.25, -0.2) is 17.5 Å². The lowest BCUT2D eigenvalue weighted by atomic mass is 10.0. The lowest BCUT2D eigenvalue weighted by molar-refractivity contribution is -0.141. The maximum atomic E-state index is 12.6. The molecule has 0 aliphatic rings. The molecule has 166 valence electrons. The summed E-state index contributed by atoms with van der Waals surface area (Å²) < 4.78 is 37.2. The van der Waals surface area contributed by atoms with E-state index < -0.39 is 22.1 Å². The highest BCUT2D eigenvalue weighted by atomic mass is 32.2. The zero-order chi connectivity index (χ0) is 23.1. The Morgan fingerprint density at radius 3 is 1.97 bits per heavy atom. The number of carbonyl (C=O) groups is 1. The van der Waals surface area contributed by atoms with Crippen LogP contribution in [-0.4, -0.2) is 39.9 Å². The van der Waals surface area contributed by atoms with E-state index in [2.05, 4.69) is 0 Å². The third-order valence-corrected chi connectivity index (χ3v) is 6.63. The van der Waals surface area contributed by atoms with Gasteiger partial charge in [-0.1, -0.05) is 66.7 Å². The van der Waals surface area contributed by atoms with E-state index >= 15 is 0 Å². The van der Waals surface area contributed by atoms with Crippen molar-refractivity contribution in [3.63, 3.8) is 0 Å². The van der Waals surface area contributed by atoms with E-state index in [1.165, 1.54) is 39.4 Å². The molecule has 6 nitrogen and oxygen atoms in total. The predicted octanol–water partition coefficient (Wildman–Crippen LogP) is 4.29. The van der Waals surface area contributed by atoms with Gasteiger partial charge in [-0.3, -0.25) is 0 Å². The van der Waals surface area contributed by atoms with Gasteiger partial charge in [0.1, 0.15) is 10.6 Å². The van der Waals surface area contributed by atoms with Crippen LogP contribution in [0.2, 0.25) is 0 Å². The number of rotatable bonds is 8. The van der Waals surface area contributed by atoms with E-state index in [9.17, 15) is 13.2 Å². The Hall–Kier alpha value is -3.42. The van der Waals surface area contributed by atoms with Crippen LogP contribution in [0, 0.1) is 0 Å². The first-order chi connectivity index (χ1) is 15.3. The average molecular weight is 452 g/mol. The monoisotopic (exact) mass is 451 g/mol. The van der Waals surface area contributed by atoms with Crippen molar-refractivity contribution in [1.29, 1.82) is 0 Å². The van der Waals surface area contributed by atoms with Crippen molar-refractivity contribution in [2.45, 2.75) is 11.0 Å². The largest absolute Gasteiger partial charge is 0.495 e. The number of benzene rings is 3. The van der Waals surface area contributed by atoms with E-state index in [0.717, 1.165) is 15.4 Å². The van der Waals surface area contributed by atoms with Gasteiger partial charge in [-0.2, -0.15) is 0 Å². The summed E-state index contributed by atoms with van der Waals surface area (Å²) in [6.45, 7) is 0. The molecular weight excluding hydrogens is 426 g/mol. The fourth-order valence-corrected chi connectivity index (χ4v) is 4.18. The van der Waals surface area contributed by atoms with Crippen molar-refractivity contribution in [2.75, 3.05) is 21.2 Å². The lowest BCUT2D eigenvalue weighted by Crippen LogP contribution is -2.22. The minimum Gasteiger partial charge on any atom is -0.495 e. The molecule has 3 aromatic rings. The Bertz CT molecular complexity index is 1150. The molecule has 0 bridgehead atoms. The molecule has 0 aromatic heterocycles. The molecule has 0 radical (unpaired) electrons. The molecule has 0 heterocycles. The lowest BCUT2D eigenvalue weighted by Gasteiger charge is -2.18. The second-order valence-electron chi connectivity index (χ2n) is 7.17. The fraction of sp³-hybridized carbons (Fsp3) is 0.160. The minimum atomic E-state index is -3.71. The highest BCUT2D eigenvalue weighted by molar-refractivity contribution is 7.89. The molecule has 0 fully saturated rings.